The summed E-state index contributed by atoms with van der Waals surface area (Å²) in [6, 6.07) is 1.60. The van der Waals surface area contributed by atoms with Gasteiger partial charge in [-0.25, -0.2) is 4.79 Å². The zero-order chi connectivity index (χ0) is 13.7. The minimum Gasteiger partial charge on any atom is -0.478 e. The molecule has 6 nitrogen and oxygen atoms in total. The molecule has 0 spiro atoms. The summed E-state index contributed by atoms with van der Waals surface area (Å²) in [6.07, 6.45) is 5.37. The number of pyridine rings is 1. The van der Waals surface area contributed by atoms with Gasteiger partial charge in [-0.3, -0.25) is 9.78 Å². The van der Waals surface area contributed by atoms with Gasteiger partial charge >= 0.3 is 5.97 Å². The Morgan fingerprint density at radius 2 is 2.11 bits per heavy atom. The fraction of sp³-hybridized carbons (Fsp3) is 0.308. The van der Waals surface area contributed by atoms with Crippen molar-refractivity contribution in [3.05, 3.63) is 35.7 Å². The Kier molecular flexibility index (Phi) is 4.25. The molecule has 1 aromatic heterocycles. The number of hydrogen-bond acceptors (Lipinski definition) is 4. The molecule has 1 N–H and O–H groups in total. The standard InChI is InChI=1S/C13H14N2O4/c16-12(17)2-1-10-9-14-4-3-11(10)13(18)15-5-7-19-8-6-15/h1-4,9H,5-8H2,(H,16,17). The molecule has 0 atom stereocenters. The molecule has 0 bridgehead atoms. The first kappa shape index (κ1) is 13.2. The second-order valence-corrected chi connectivity index (χ2v) is 4.04. The van der Waals surface area contributed by atoms with Crippen molar-refractivity contribution in [1.82, 2.24) is 9.88 Å². The van der Waals surface area contributed by atoms with E-state index < -0.39 is 5.97 Å². The number of ether oxygens (including phenoxy) is 1. The molecule has 6 heteroatoms. The van der Waals surface area contributed by atoms with E-state index in [4.69, 9.17) is 9.84 Å². The second kappa shape index (κ2) is 6.10. The van der Waals surface area contributed by atoms with Crippen LogP contribution in [-0.2, 0) is 9.53 Å². The van der Waals surface area contributed by atoms with Gasteiger partial charge in [-0.05, 0) is 12.1 Å². The zero-order valence-electron chi connectivity index (χ0n) is 10.3. The third-order valence-electron chi connectivity index (χ3n) is 2.79. The highest BCUT2D eigenvalue weighted by Crippen LogP contribution is 2.13. The molecule has 1 aliphatic heterocycles. The number of nitrogens with zero attached hydrogens (tertiary/aromatic N) is 2. The average molecular weight is 262 g/mol. The number of aliphatic carboxylic acids is 1. The molecule has 0 unspecified atom stereocenters. The number of hydrogen-bond donors (Lipinski definition) is 1. The first-order valence-electron chi connectivity index (χ1n) is 5.90. The lowest BCUT2D eigenvalue weighted by atomic mass is 10.1. The predicted octanol–water partition coefficient (Wildman–Crippen LogP) is 0.652. The zero-order valence-corrected chi connectivity index (χ0v) is 10.3. The van der Waals surface area contributed by atoms with Crippen LogP contribution < -0.4 is 0 Å². The monoisotopic (exact) mass is 262 g/mol. The summed E-state index contributed by atoms with van der Waals surface area (Å²) >= 11 is 0. The van der Waals surface area contributed by atoms with E-state index in [1.165, 1.54) is 18.5 Å². The van der Waals surface area contributed by atoms with Crippen LogP contribution in [-0.4, -0.2) is 53.2 Å². The number of morpholine rings is 1. The van der Waals surface area contributed by atoms with Crippen LogP contribution in [0.15, 0.2) is 24.5 Å². The van der Waals surface area contributed by atoms with Gasteiger partial charge < -0.3 is 14.7 Å². The highest BCUT2D eigenvalue weighted by molar-refractivity contribution is 5.98. The van der Waals surface area contributed by atoms with Crippen molar-refractivity contribution in [1.29, 1.82) is 0 Å². The molecule has 1 fully saturated rings. The van der Waals surface area contributed by atoms with Gasteiger partial charge in [0.15, 0.2) is 0 Å². The van der Waals surface area contributed by atoms with Gasteiger partial charge in [0.05, 0.1) is 13.2 Å². The van der Waals surface area contributed by atoms with Gasteiger partial charge in [0, 0.05) is 42.7 Å². The molecule has 1 amide bonds. The molecule has 0 aliphatic carbocycles. The lowest BCUT2D eigenvalue weighted by Crippen LogP contribution is -2.40. The summed E-state index contributed by atoms with van der Waals surface area (Å²) < 4.78 is 5.20. The minimum absolute atomic E-state index is 0.129. The van der Waals surface area contributed by atoms with Crippen LogP contribution in [0.5, 0.6) is 0 Å². The number of carboxylic acid groups (broad SMARTS) is 1. The SMILES string of the molecule is O=C(O)C=Cc1cnccc1C(=O)N1CCOCC1. The van der Waals surface area contributed by atoms with Crippen LogP contribution in [0.1, 0.15) is 15.9 Å². The second-order valence-electron chi connectivity index (χ2n) is 4.04. The molecule has 0 aromatic carbocycles. The summed E-state index contributed by atoms with van der Waals surface area (Å²) in [6.45, 7) is 2.14. The molecule has 19 heavy (non-hydrogen) atoms. The number of carbonyl (C=O) groups excluding carboxylic acids is 1. The molecule has 1 saturated heterocycles. The van der Waals surface area contributed by atoms with E-state index >= 15 is 0 Å². The molecule has 0 saturated carbocycles. The summed E-state index contributed by atoms with van der Waals surface area (Å²) in [5, 5.41) is 8.63. The summed E-state index contributed by atoms with van der Waals surface area (Å²) in [4.78, 5) is 28.5. The van der Waals surface area contributed by atoms with E-state index in [9.17, 15) is 9.59 Å². The molecule has 100 valence electrons. The molecule has 1 aliphatic rings. The normalized spacial score (nSPS) is 15.7. The Hall–Kier alpha value is -2.21. The first-order chi connectivity index (χ1) is 9.18. The highest BCUT2D eigenvalue weighted by Gasteiger charge is 2.20. The Morgan fingerprint density at radius 3 is 2.79 bits per heavy atom. The first-order valence-corrected chi connectivity index (χ1v) is 5.90. The van der Waals surface area contributed by atoms with Crippen molar-refractivity contribution >= 4 is 18.0 Å². The number of carbonyl (C=O) groups is 2. The van der Waals surface area contributed by atoms with E-state index in [0.29, 0.717) is 37.4 Å². The largest absolute Gasteiger partial charge is 0.478 e. The van der Waals surface area contributed by atoms with Crippen molar-refractivity contribution < 1.29 is 19.4 Å². The Morgan fingerprint density at radius 1 is 1.37 bits per heavy atom. The summed E-state index contributed by atoms with van der Waals surface area (Å²) in [5.41, 5.74) is 0.954. The number of aromatic nitrogens is 1. The fourth-order valence-corrected chi connectivity index (χ4v) is 1.83. The molecule has 0 radical (unpaired) electrons. The Labute approximate surface area is 110 Å². The lowest BCUT2D eigenvalue weighted by molar-refractivity contribution is -0.131. The quantitative estimate of drug-likeness (QED) is 0.809. The van der Waals surface area contributed by atoms with Crippen LogP contribution >= 0.6 is 0 Å². The molecule has 2 rings (SSSR count). The molecular formula is C13H14N2O4. The summed E-state index contributed by atoms with van der Waals surface area (Å²) in [5.74, 6) is -1.19. The van der Waals surface area contributed by atoms with Gasteiger partial charge in [-0.2, -0.15) is 0 Å². The number of rotatable bonds is 3. The number of amides is 1. The highest BCUT2D eigenvalue weighted by atomic mass is 16.5. The number of carboxylic acids is 1. The molecule has 1 aromatic rings. The van der Waals surface area contributed by atoms with E-state index in [1.54, 1.807) is 11.0 Å². The van der Waals surface area contributed by atoms with Crippen LogP contribution in [0.3, 0.4) is 0 Å². The van der Waals surface area contributed by atoms with E-state index in [1.807, 2.05) is 0 Å². The van der Waals surface area contributed by atoms with Crippen molar-refractivity contribution in [3.8, 4) is 0 Å². The fourth-order valence-electron chi connectivity index (χ4n) is 1.83. The lowest BCUT2D eigenvalue weighted by Gasteiger charge is -2.27. The molecular weight excluding hydrogens is 248 g/mol. The van der Waals surface area contributed by atoms with Crippen molar-refractivity contribution in [2.75, 3.05) is 26.3 Å². The van der Waals surface area contributed by atoms with Gasteiger partial charge in [0.1, 0.15) is 0 Å². The van der Waals surface area contributed by atoms with Crippen LogP contribution in [0.4, 0.5) is 0 Å². The smallest absolute Gasteiger partial charge is 0.328 e. The van der Waals surface area contributed by atoms with Crippen molar-refractivity contribution in [2.45, 2.75) is 0 Å². The molecule has 2 heterocycles. The average Bonchev–Trinajstić information content (AvgIpc) is 2.45. The van der Waals surface area contributed by atoms with E-state index in [2.05, 4.69) is 4.98 Å². The maximum absolute atomic E-state index is 12.3. The van der Waals surface area contributed by atoms with Crippen molar-refractivity contribution in [2.24, 2.45) is 0 Å². The summed E-state index contributed by atoms with van der Waals surface area (Å²) in [7, 11) is 0. The van der Waals surface area contributed by atoms with Crippen LogP contribution in [0.2, 0.25) is 0 Å². The van der Waals surface area contributed by atoms with E-state index in [-0.39, 0.29) is 5.91 Å². The van der Waals surface area contributed by atoms with Crippen molar-refractivity contribution in [3.63, 3.8) is 0 Å². The minimum atomic E-state index is -1.06. The Bertz CT molecular complexity index is 507. The van der Waals surface area contributed by atoms with Gasteiger partial charge in [-0.15, -0.1) is 0 Å². The van der Waals surface area contributed by atoms with Gasteiger partial charge in [0.2, 0.25) is 0 Å². The van der Waals surface area contributed by atoms with E-state index in [0.717, 1.165) is 6.08 Å². The predicted molar refractivity (Wildman–Crippen MR) is 67.6 cm³/mol. The maximum Gasteiger partial charge on any atom is 0.328 e. The third kappa shape index (κ3) is 3.38. The maximum atomic E-state index is 12.3. The van der Waals surface area contributed by atoms with Gasteiger partial charge in [-0.1, -0.05) is 0 Å². The van der Waals surface area contributed by atoms with Crippen LogP contribution in [0.25, 0.3) is 6.08 Å². The third-order valence-corrected chi connectivity index (χ3v) is 2.79. The van der Waals surface area contributed by atoms with Gasteiger partial charge in [0.25, 0.3) is 5.91 Å². The Balaban J connectivity index is 2.23. The van der Waals surface area contributed by atoms with Crippen LogP contribution in [0, 0.1) is 0 Å². The topological polar surface area (TPSA) is 79.7 Å².